The minimum Gasteiger partial charge on any atom is -0.504 e. The molecule has 6 nitrogen and oxygen atoms in total. The third kappa shape index (κ3) is 4.61. The van der Waals surface area contributed by atoms with E-state index in [0.29, 0.717) is 31.8 Å². The maximum absolute atomic E-state index is 12.1. The summed E-state index contributed by atoms with van der Waals surface area (Å²) in [7, 11) is 0. The zero-order valence-electron chi connectivity index (χ0n) is 12.1. The van der Waals surface area contributed by atoms with Crippen molar-refractivity contribution >= 4 is 5.91 Å². The molecule has 0 bridgehead atoms. The van der Waals surface area contributed by atoms with Crippen LogP contribution in [0.3, 0.4) is 0 Å². The van der Waals surface area contributed by atoms with E-state index in [1.807, 2.05) is 4.90 Å². The van der Waals surface area contributed by atoms with Gasteiger partial charge in [-0.2, -0.15) is 0 Å². The maximum atomic E-state index is 12.1. The van der Waals surface area contributed by atoms with Crippen molar-refractivity contribution in [3.8, 4) is 11.5 Å². The third-order valence-corrected chi connectivity index (χ3v) is 3.58. The Kier molecular flexibility index (Phi) is 5.83. The van der Waals surface area contributed by atoms with Gasteiger partial charge in [0.1, 0.15) is 0 Å². The summed E-state index contributed by atoms with van der Waals surface area (Å²) >= 11 is 0. The summed E-state index contributed by atoms with van der Waals surface area (Å²) in [6.45, 7) is 4.05. The van der Waals surface area contributed by atoms with E-state index in [9.17, 15) is 9.90 Å². The molecule has 1 heterocycles. The van der Waals surface area contributed by atoms with Crippen molar-refractivity contribution in [1.29, 1.82) is 0 Å². The van der Waals surface area contributed by atoms with Crippen LogP contribution in [-0.2, 0) is 4.79 Å². The highest BCUT2D eigenvalue weighted by Crippen LogP contribution is 2.24. The first-order chi connectivity index (χ1) is 10.2. The molecule has 1 amide bonds. The van der Waals surface area contributed by atoms with Crippen molar-refractivity contribution in [1.82, 2.24) is 9.80 Å². The Morgan fingerprint density at radius 3 is 2.57 bits per heavy atom. The van der Waals surface area contributed by atoms with Gasteiger partial charge in [-0.05, 0) is 12.1 Å². The van der Waals surface area contributed by atoms with Crippen LogP contribution in [0.5, 0.6) is 11.5 Å². The van der Waals surface area contributed by atoms with Crippen molar-refractivity contribution < 1.29 is 19.7 Å². The summed E-state index contributed by atoms with van der Waals surface area (Å²) in [5.41, 5.74) is 0. The Morgan fingerprint density at radius 2 is 1.90 bits per heavy atom. The fourth-order valence-electron chi connectivity index (χ4n) is 2.35. The van der Waals surface area contributed by atoms with Gasteiger partial charge in [0.2, 0.25) is 5.91 Å². The van der Waals surface area contributed by atoms with Crippen LogP contribution >= 0.6 is 0 Å². The van der Waals surface area contributed by atoms with Crippen molar-refractivity contribution in [2.75, 3.05) is 45.9 Å². The number of para-hydroxylation sites is 2. The molecular weight excluding hydrogens is 272 g/mol. The molecule has 2 N–H and O–H groups in total. The second kappa shape index (κ2) is 7.85. The van der Waals surface area contributed by atoms with Crippen LogP contribution in [0.4, 0.5) is 0 Å². The lowest BCUT2D eigenvalue weighted by molar-refractivity contribution is -0.133. The van der Waals surface area contributed by atoms with Gasteiger partial charge in [-0.15, -0.1) is 0 Å². The molecule has 116 valence electrons. The Balaban J connectivity index is 1.70. The summed E-state index contributed by atoms with van der Waals surface area (Å²) in [6, 6.07) is 6.72. The number of hydrogen-bond acceptors (Lipinski definition) is 5. The molecule has 0 atom stereocenters. The number of β-amino-alcohol motifs (C(OH)–C–C–N with tert-alkyl or cyclic N) is 1. The molecule has 1 aromatic carbocycles. The smallest absolute Gasteiger partial charge is 0.226 e. The molecule has 1 aliphatic rings. The van der Waals surface area contributed by atoms with Gasteiger partial charge >= 0.3 is 0 Å². The number of nitrogens with zero attached hydrogens (tertiary/aromatic N) is 2. The maximum Gasteiger partial charge on any atom is 0.226 e. The first kappa shape index (κ1) is 15.6. The number of amides is 1. The zero-order valence-corrected chi connectivity index (χ0v) is 12.1. The van der Waals surface area contributed by atoms with E-state index in [2.05, 4.69) is 4.90 Å². The molecule has 0 saturated carbocycles. The lowest BCUT2D eigenvalue weighted by Gasteiger charge is -2.34. The molecule has 1 saturated heterocycles. The highest BCUT2D eigenvalue weighted by molar-refractivity contribution is 5.76. The normalized spacial score (nSPS) is 16.0. The first-order valence-electron chi connectivity index (χ1n) is 7.22. The largest absolute Gasteiger partial charge is 0.504 e. The molecule has 6 heteroatoms. The van der Waals surface area contributed by atoms with Crippen molar-refractivity contribution in [3.05, 3.63) is 24.3 Å². The van der Waals surface area contributed by atoms with E-state index in [4.69, 9.17) is 9.84 Å². The van der Waals surface area contributed by atoms with Crippen LogP contribution < -0.4 is 4.74 Å². The van der Waals surface area contributed by atoms with Crippen LogP contribution in [-0.4, -0.2) is 71.9 Å². The van der Waals surface area contributed by atoms with E-state index in [1.165, 1.54) is 0 Å². The Morgan fingerprint density at radius 1 is 1.19 bits per heavy atom. The number of carbonyl (C=O) groups excluding carboxylic acids is 1. The predicted octanol–water partition coefficient (Wildman–Crippen LogP) is 0.298. The monoisotopic (exact) mass is 294 g/mol. The first-order valence-corrected chi connectivity index (χ1v) is 7.22. The molecule has 0 radical (unpaired) electrons. The van der Waals surface area contributed by atoms with Crippen molar-refractivity contribution in [2.45, 2.75) is 6.42 Å². The molecule has 1 aromatic rings. The number of hydrogen-bond donors (Lipinski definition) is 2. The van der Waals surface area contributed by atoms with Crippen molar-refractivity contribution in [3.63, 3.8) is 0 Å². The molecule has 1 fully saturated rings. The number of aliphatic hydroxyl groups is 1. The molecule has 0 spiro atoms. The van der Waals surface area contributed by atoms with Gasteiger partial charge < -0.3 is 19.8 Å². The molecule has 0 aromatic heterocycles. The van der Waals surface area contributed by atoms with E-state index in [0.717, 1.165) is 13.1 Å². The average molecular weight is 294 g/mol. The number of phenols is 1. The standard InChI is InChI=1S/C15H22N2O4/c18-11-10-16-6-8-17(9-7-16)15(20)5-12-21-14-4-2-1-3-13(14)19/h1-4,18-19H,5-12H2. The zero-order chi connectivity index (χ0) is 15.1. The van der Waals surface area contributed by atoms with E-state index in [1.54, 1.807) is 24.3 Å². The number of benzene rings is 1. The van der Waals surface area contributed by atoms with Gasteiger partial charge in [0, 0.05) is 32.7 Å². The lowest BCUT2D eigenvalue weighted by atomic mass is 10.3. The third-order valence-electron chi connectivity index (χ3n) is 3.58. The van der Waals surface area contributed by atoms with Crippen LogP contribution in [0.2, 0.25) is 0 Å². The lowest BCUT2D eigenvalue weighted by Crippen LogP contribution is -2.49. The van der Waals surface area contributed by atoms with Gasteiger partial charge in [0.15, 0.2) is 11.5 Å². The summed E-state index contributed by atoms with van der Waals surface area (Å²) in [4.78, 5) is 16.0. The van der Waals surface area contributed by atoms with Gasteiger partial charge in [0.25, 0.3) is 0 Å². The minimum absolute atomic E-state index is 0.0640. The van der Waals surface area contributed by atoms with Crippen LogP contribution in [0.25, 0.3) is 0 Å². The summed E-state index contributed by atoms with van der Waals surface area (Å²) in [6.07, 6.45) is 0.300. The average Bonchev–Trinajstić information content (AvgIpc) is 2.50. The van der Waals surface area contributed by atoms with Gasteiger partial charge in [-0.1, -0.05) is 12.1 Å². The second-order valence-electron chi connectivity index (χ2n) is 5.01. The molecule has 1 aliphatic heterocycles. The topological polar surface area (TPSA) is 73.2 Å². The molecule has 21 heavy (non-hydrogen) atoms. The fraction of sp³-hybridized carbons (Fsp3) is 0.533. The summed E-state index contributed by atoms with van der Waals surface area (Å²) < 4.78 is 5.42. The highest BCUT2D eigenvalue weighted by atomic mass is 16.5. The minimum atomic E-state index is 0.0640. The number of ether oxygens (including phenoxy) is 1. The van der Waals surface area contributed by atoms with E-state index < -0.39 is 0 Å². The predicted molar refractivity (Wildman–Crippen MR) is 78.3 cm³/mol. The molecular formula is C15H22N2O4. The SMILES string of the molecule is O=C(CCOc1ccccc1O)N1CCN(CCO)CC1. The van der Waals surface area contributed by atoms with E-state index in [-0.39, 0.29) is 24.9 Å². The Bertz CT molecular complexity index is 459. The van der Waals surface area contributed by atoms with Gasteiger partial charge in [-0.3, -0.25) is 9.69 Å². The number of carbonyl (C=O) groups is 1. The highest BCUT2D eigenvalue weighted by Gasteiger charge is 2.20. The quantitative estimate of drug-likeness (QED) is 0.789. The number of aliphatic hydroxyl groups excluding tert-OH is 1. The fourth-order valence-corrected chi connectivity index (χ4v) is 2.35. The van der Waals surface area contributed by atoms with Gasteiger partial charge in [0.05, 0.1) is 19.6 Å². The number of aromatic hydroxyl groups is 1. The summed E-state index contributed by atoms with van der Waals surface area (Å²) in [5, 5.41) is 18.4. The van der Waals surface area contributed by atoms with Gasteiger partial charge in [-0.25, -0.2) is 0 Å². The van der Waals surface area contributed by atoms with Crippen LogP contribution in [0.1, 0.15) is 6.42 Å². The summed E-state index contributed by atoms with van der Waals surface area (Å²) in [5.74, 6) is 0.551. The van der Waals surface area contributed by atoms with E-state index >= 15 is 0 Å². The van der Waals surface area contributed by atoms with Crippen molar-refractivity contribution in [2.24, 2.45) is 0 Å². The second-order valence-corrected chi connectivity index (χ2v) is 5.01. The van der Waals surface area contributed by atoms with Crippen LogP contribution in [0.15, 0.2) is 24.3 Å². The molecule has 0 unspecified atom stereocenters. The molecule has 0 aliphatic carbocycles. The van der Waals surface area contributed by atoms with Crippen LogP contribution in [0, 0.1) is 0 Å². The molecule has 2 rings (SSSR count). The number of piperazine rings is 1. The number of rotatable bonds is 6. The Labute approximate surface area is 124 Å². The Hall–Kier alpha value is -1.79. The number of phenolic OH excluding ortho intramolecular Hbond substituents is 1.